The van der Waals surface area contributed by atoms with Gasteiger partial charge >= 0.3 is 6.09 Å². The van der Waals surface area contributed by atoms with Crippen LogP contribution in [0.25, 0.3) is 0 Å². The molecule has 26 heavy (non-hydrogen) atoms. The van der Waals surface area contributed by atoms with E-state index in [2.05, 4.69) is 5.32 Å². The Bertz CT molecular complexity index is 642. The fourth-order valence-corrected chi connectivity index (χ4v) is 3.09. The van der Waals surface area contributed by atoms with Crippen LogP contribution in [0, 0.1) is 11.7 Å². The van der Waals surface area contributed by atoms with E-state index in [4.69, 9.17) is 4.74 Å². The van der Waals surface area contributed by atoms with E-state index in [9.17, 15) is 14.0 Å². The Balaban J connectivity index is 1.86. The fourth-order valence-electron chi connectivity index (χ4n) is 3.09. The number of rotatable bonds is 4. The molecule has 1 saturated heterocycles. The molecule has 2 atom stereocenters. The van der Waals surface area contributed by atoms with E-state index in [1.165, 1.54) is 6.07 Å². The maximum Gasteiger partial charge on any atom is 0.410 e. The first-order chi connectivity index (χ1) is 12.2. The van der Waals surface area contributed by atoms with E-state index in [1.807, 2.05) is 20.8 Å². The third-order valence-corrected chi connectivity index (χ3v) is 4.50. The number of hydrogen-bond donors (Lipinski definition) is 1. The van der Waals surface area contributed by atoms with E-state index < -0.39 is 11.5 Å². The largest absolute Gasteiger partial charge is 0.444 e. The minimum absolute atomic E-state index is 0.174. The number of likely N-dealkylation sites (tertiary alicyclic amines) is 1. The molecule has 1 N–H and O–H groups in total. The van der Waals surface area contributed by atoms with Gasteiger partial charge in [0.1, 0.15) is 11.4 Å². The molecule has 2 amide bonds. The van der Waals surface area contributed by atoms with Crippen molar-refractivity contribution in [2.24, 2.45) is 5.92 Å². The van der Waals surface area contributed by atoms with Crippen molar-refractivity contribution in [3.63, 3.8) is 0 Å². The summed E-state index contributed by atoms with van der Waals surface area (Å²) < 4.78 is 19.3. The molecule has 6 heteroatoms. The second kappa shape index (κ2) is 8.52. The number of nitrogens with one attached hydrogen (secondary N) is 1. The molecule has 0 saturated carbocycles. The fraction of sp³-hybridized carbons (Fsp3) is 0.600. The predicted octanol–water partition coefficient (Wildman–Crippen LogP) is 3.69. The normalized spacial score (nSPS) is 19.0. The van der Waals surface area contributed by atoms with Crippen molar-refractivity contribution in [3.05, 3.63) is 35.6 Å². The molecule has 0 aliphatic carbocycles. The highest BCUT2D eigenvalue weighted by molar-refractivity contribution is 5.83. The zero-order valence-electron chi connectivity index (χ0n) is 16.0. The van der Waals surface area contributed by atoms with Crippen molar-refractivity contribution in [2.45, 2.75) is 52.1 Å². The van der Waals surface area contributed by atoms with Crippen LogP contribution < -0.4 is 5.32 Å². The minimum Gasteiger partial charge on any atom is -0.444 e. The van der Waals surface area contributed by atoms with Crippen molar-refractivity contribution >= 4 is 12.0 Å². The molecule has 0 radical (unpaired) electrons. The number of carbonyl (C=O) groups is 2. The van der Waals surface area contributed by atoms with Crippen molar-refractivity contribution in [1.82, 2.24) is 10.2 Å². The SMILES string of the molecule is CC(C(=O)NCC1CCCN(C(=O)OC(C)(C)C)C1)c1ccccc1F. The Morgan fingerprint density at radius 1 is 1.35 bits per heavy atom. The molecular weight excluding hydrogens is 335 g/mol. The maximum atomic E-state index is 13.8. The summed E-state index contributed by atoms with van der Waals surface area (Å²) in [6.45, 7) is 8.93. The lowest BCUT2D eigenvalue weighted by molar-refractivity contribution is -0.122. The molecule has 1 heterocycles. The number of benzene rings is 1. The number of piperidine rings is 1. The van der Waals surface area contributed by atoms with Gasteiger partial charge in [0.05, 0.1) is 5.92 Å². The van der Waals surface area contributed by atoms with E-state index in [1.54, 1.807) is 30.0 Å². The third-order valence-electron chi connectivity index (χ3n) is 4.50. The summed E-state index contributed by atoms with van der Waals surface area (Å²) in [5, 5.41) is 2.90. The van der Waals surface area contributed by atoms with Gasteiger partial charge in [0.2, 0.25) is 5.91 Å². The summed E-state index contributed by atoms with van der Waals surface area (Å²) in [6.07, 6.45) is 1.50. The van der Waals surface area contributed by atoms with E-state index >= 15 is 0 Å². The molecule has 0 spiro atoms. The van der Waals surface area contributed by atoms with E-state index in [0.717, 1.165) is 12.8 Å². The lowest BCUT2D eigenvalue weighted by Crippen LogP contribution is -2.45. The van der Waals surface area contributed by atoms with Crippen molar-refractivity contribution in [1.29, 1.82) is 0 Å². The summed E-state index contributed by atoms with van der Waals surface area (Å²) in [6, 6.07) is 6.32. The summed E-state index contributed by atoms with van der Waals surface area (Å²) in [4.78, 5) is 26.3. The van der Waals surface area contributed by atoms with Crippen LogP contribution in [-0.4, -0.2) is 42.1 Å². The minimum atomic E-state index is -0.554. The summed E-state index contributed by atoms with van der Waals surface area (Å²) in [5.41, 5.74) is -0.128. The van der Waals surface area contributed by atoms with Gasteiger partial charge in [-0.3, -0.25) is 4.79 Å². The van der Waals surface area contributed by atoms with Crippen molar-refractivity contribution in [2.75, 3.05) is 19.6 Å². The standard InChI is InChI=1S/C20H29FN2O3/c1-14(16-9-5-6-10-17(16)21)18(24)22-12-15-8-7-11-23(13-15)19(25)26-20(2,3)4/h5-6,9-10,14-15H,7-8,11-13H2,1-4H3,(H,22,24). The van der Waals surface area contributed by atoms with Gasteiger partial charge in [0.15, 0.2) is 0 Å². The Kier molecular flexibility index (Phi) is 6.62. The Hall–Kier alpha value is -2.11. The van der Waals surface area contributed by atoms with Crippen LogP contribution in [-0.2, 0) is 9.53 Å². The molecule has 2 rings (SSSR count). The molecule has 5 nitrogen and oxygen atoms in total. The maximum absolute atomic E-state index is 13.8. The summed E-state index contributed by atoms with van der Waals surface area (Å²) in [7, 11) is 0. The van der Waals surface area contributed by atoms with Crippen LogP contribution in [0.4, 0.5) is 9.18 Å². The average Bonchev–Trinajstić information content (AvgIpc) is 2.58. The number of hydrogen-bond acceptors (Lipinski definition) is 3. The molecule has 1 aliphatic heterocycles. The molecule has 144 valence electrons. The second-order valence-corrected chi connectivity index (χ2v) is 7.92. The van der Waals surface area contributed by atoms with Crippen LogP contribution in [0.15, 0.2) is 24.3 Å². The van der Waals surface area contributed by atoms with Gasteiger partial charge in [-0.25, -0.2) is 9.18 Å². The molecule has 0 aromatic heterocycles. The number of nitrogens with zero attached hydrogens (tertiary/aromatic N) is 1. The predicted molar refractivity (Wildman–Crippen MR) is 98.4 cm³/mol. The number of amides is 2. The zero-order chi connectivity index (χ0) is 19.3. The van der Waals surface area contributed by atoms with Gasteiger partial charge in [-0.15, -0.1) is 0 Å². The highest BCUT2D eigenvalue weighted by Crippen LogP contribution is 2.21. The molecule has 0 bridgehead atoms. The van der Waals surface area contributed by atoms with E-state index in [0.29, 0.717) is 25.2 Å². The first kappa shape index (κ1) is 20.2. The smallest absolute Gasteiger partial charge is 0.410 e. The topological polar surface area (TPSA) is 58.6 Å². The average molecular weight is 364 g/mol. The Labute approximate surface area is 154 Å². The number of halogens is 1. The third kappa shape index (κ3) is 5.71. The summed E-state index contributed by atoms with van der Waals surface area (Å²) in [5.74, 6) is -0.955. The molecule has 1 aromatic carbocycles. The molecule has 1 aromatic rings. The lowest BCUT2D eigenvalue weighted by Gasteiger charge is -2.34. The van der Waals surface area contributed by atoms with Crippen LogP contribution in [0.2, 0.25) is 0 Å². The lowest BCUT2D eigenvalue weighted by atomic mass is 9.96. The van der Waals surface area contributed by atoms with Crippen molar-refractivity contribution < 1.29 is 18.7 Å². The van der Waals surface area contributed by atoms with Gasteiger partial charge in [-0.1, -0.05) is 18.2 Å². The highest BCUT2D eigenvalue weighted by atomic mass is 19.1. The highest BCUT2D eigenvalue weighted by Gasteiger charge is 2.28. The Morgan fingerprint density at radius 3 is 2.69 bits per heavy atom. The van der Waals surface area contributed by atoms with Gasteiger partial charge in [-0.05, 0) is 58.1 Å². The van der Waals surface area contributed by atoms with E-state index in [-0.39, 0.29) is 23.7 Å². The molecule has 2 unspecified atom stereocenters. The zero-order valence-corrected chi connectivity index (χ0v) is 16.0. The molecule has 1 fully saturated rings. The first-order valence-corrected chi connectivity index (χ1v) is 9.17. The molecular formula is C20H29FN2O3. The Morgan fingerprint density at radius 2 is 2.04 bits per heavy atom. The van der Waals surface area contributed by atoms with Crippen LogP contribution in [0.1, 0.15) is 52.0 Å². The van der Waals surface area contributed by atoms with Gasteiger partial charge in [0.25, 0.3) is 0 Å². The molecule has 1 aliphatic rings. The quantitative estimate of drug-likeness (QED) is 0.886. The first-order valence-electron chi connectivity index (χ1n) is 9.17. The van der Waals surface area contributed by atoms with Gasteiger partial charge in [0, 0.05) is 19.6 Å². The number of carbonyl (C=O) groups excluding carboxylic acids is 2. The summed E-state index contributed by atoms with van der Waals surface area (Å²) >= 11 is 0. The van der Waals surface area contributed by atoms with Gasteiger partial charge < -0.3 is 15.0 Å². The van der Waals surface area contributed by atoms with Crippen molar-refractivity contribution in [3.8, 4) is 0 Å². The second-order valence-electron chi connectivity index (χ2n) is 7.92. The van der Waals surface area contributed by atoms with Crippen LogP contribution in [0.3, 0.4) is 0 Å². The van der Waals surface area contributed by atoms with Crippen LogP contribution in [0.5, 0.6) is 0 Å². The monoisotopic (exact) mass is 364 g/mol. The van der Waals surface area contributed by atoms with Crippen LogP contribution >= 0.6 is 0 Å². The number of ether oxygens (including phenoxy) is 1. The van der Waals surface area contributed by atoms with Gasteiger partial charge in [-0.2, -0.15) is 0 Å².